The quantitative estimate of drug-likeness (QED) is 0.792. The van der Waals surface area contributed by atoms with Gasteiger partial charge in [0.05, 0.1) is 6.54 Å². The summed E-state index contributed by atoms with van der Waals surface area (Å²) < 4.78 is 11.1. The van der Waals surface area contributed by atoms with E-state index in [1.807, 2.05) is 57.2 Å². The van der Waals surface area contributed by atoms with E-state index >= 15 is 0 Å². The van der Waals surface area contributed by atoms with Crippen LogP contribution >= 0.6 is 0 Å². The van der Waals surface area contributed by atoms with Crippen LogP contribution in [0.1, 0.15) is 22.3 Å². The molecular weight excluding hydrogens is 302 g/mol. The molecule has 0 spiro atoms. The highest BCUT2D eigenvalue weighted by molar-refractivity contribution is 5.77. The maximum atomic E-state index is 11.8. The molecule has 24 heavy (non-hydrogen) atoms. The van der Waals surface area contributed by atoms with E-state index in [0.29, 0.717) is 18.9 Å². The first-order valence-electron chi connectivity index (χ1n) is 8.12. The summed E-state index contributed by atoms with van der Waals surface area (Å²) in [6, 6.07) is 11.8. The minimum absolute atomic E-state index is 0.00609. The lowest BCUT2D eigenvalue weighted by Gasteiger charge is -2.10. The van der Waals surface area contributed by atoms with Gasteiger partial charge in [-0.3, -0.25) is 4.79 Å². The molecule has 2 aromatic carbocycles. The summed E-state index contributed by atoms with van der Waals surface area (Å²) in [6.45, 7) is 9.06. The zero-order valence-electron chi connectivity index (χ0n) is 14.8. The topological polar surface area (TPSA) is 47.6 Å². The van der Waals surface area contributed by atoms with Crippen LogP contribution in [0.3, 0.4) is 0 Å². The second-order valence-electron chi connectivity index (χ2n) is 5.98. The van der Waals surface area contributed by atoms with Crippen LogP contribution in [0.5, 0.6) is 11.5 Å². The number of hydrogen-bond acceptors (Lipinski definition) is 3. The molecule has 0 bridgehead atoms. The van der Waals surface area contributed by atoms with Gasteiger partial charge in [-0.25, -0.2) is 0 Å². The van der Waals surface area contributed by atoms with Crippen molar-refractivity contribution in [2.24, 2.45) is 0 Å². The van der Waals surface area contributed by atoms with E-state index in [4.69, 9.17) is 9.47 Å². The number of hydrogen-bond donors (Lipinski definition) is 1. The fraction of sp³-hybridized carbons (Fsp3) is 0.350. The van der Waals surface area contributed by atoms with Crippen molar-refractivity contribution in [3.05, 3.63) is 58.7 Å². The zero-order valence-corrected chi connectivity index (χ0v) is 14.8. The molecule has 0 saturated carbocycles. The summed E-state index contributed by atoms with van der Waals surface area (Å²) >= 11 is 0. The highest BCUT2D eigenvalue weighted by Gasteiger charge is 2.04. The van der Waals surface area contributed by atoms with Crippen molar-refractivity contribution in [1.82, 2.24) is 5.32 Å². The van der Waals surface area contributed by atoms with Gasteiger partial charge in [0, 0.05) is 0 Å². The number of nitrogens with one attached hydrogen (secondary N) is 1. The maximum Gasteiger partial charge on any atom is 0.258 e. The fourth-order valence-corrected chi connectivity index (χ4v) is 2.17. The smallest absolute Gasteiger partial charge is 0.258 e. The Bertz CT molecular complexity index is 710. The average Bonchev–Trinajstić information content (AvgIpc) is 2.56. The number of aryl methyl sites for hydroxylation is 4. The van der Waals surface area contributed by atoms with E-state index in [1.54, 1.807) is 0 Å². The largest absolute Gasteiger partial charge is 0.492 e. The second-order valence-corrected chi connectivity index (χ2v) is 5.98. The normalized spacial score (nSPS) is 10.3. The Morgan fingerprint density at radius 3 is 1.92 bits per heavy atom. The van der Waals surface area contributed by atoms with Crippen molar-refractivity contribution in [2.45, 2.75) is 27.7 Å². The van der Waals surface area contributed by atoms with Crippen molar-refractivity contribution in [3.8, 4) is 11.5 Å². The first kappa shape index (κ1) is 17.9. The third kappa shape index (κ3) is 5.30. The van der Waals surface area contributed by atoms with Gasteiger partial charge in [0.15, 0.2) is 6.61 Å². The molecule has 0 aliphatic carbocycles. The summed E-state index contributed by atoms with van der Waals surface area (Å²) in [5, 5.41) is 2.79. The lowest BCUT2D eigenvalue weighted by atomic mass is 10.1. The Hall–Kier alpha value is -2.49. The molecule has 2 aromatic rings. The van der Waals surface area contributed by atoms with Crippen molar-refractivity contribution in [1.29, 1.82) is 0 Å². The van der Waals surface area contributed by atoms with E-state index < -0.39 is 0 Å². The molecule has 1 amide bonds. The predicted molar refractivity (Wildman–Crippen MR) is 95.8 cm³/mol. The fourth-order valence-electron chi connectivity index (χ4n) is 2.17. The van der Waals surface area contributed by atoms with Crippen LogP contribution in [-0.2, 0) is 4.79 Å². The predicted octanol–water partition coefficient (Wildman–Crippen LogP) is 3.49. The summed E-state index contributed by atoms with van der Waals surface area (Å²) in [6.07, 6.45) is 0. The standard InChI is InChI=1S/C20H25NO3/c1-14-5-7-18(11-16(14)3)23-10-9-21-20(22)13-24-19-8-6-15(2)17(4)12-19/h5-8,11-12H,9-10,13H2,1-4H3,(H,21,22). The number of benzene rings is 2. The monoisotopic (exact) mass is 327 g/mol. The molecule has 0 fully saturated rings. The molecule has 128 valence electrons. The van der Waals surface area contributed by atoms with E-state index in [9.17, 15) is 4.79 Å². The molecule has 0 unspecified atom stereocenters. The number of carbonyl (C=O) groups is 1. The SMILES string of the molecule is Cc1ccc(OCCNC(=O)COc2ccc(C)c(C)c2)cc1C. The molecular formula is C20H25NO3. The zero-order chi connectivity index (χ0) is 17.5. The van der Waals surface area contributed by atoms with Gasteiger partial charge in [0.25, 0.3) is 5.91 Å². The van der Waals surface area contributed by atoms with E-state index in [2.05, 4.69) is 12.2 Å². The van der Waals surface area contributed by atoms with Gasteiger partial charge in [0.2, 0.25) is 0 Å². The van der Waals surface area contributed by atoms with Gasteiger partial charge < -0.3 is 14.8 Å². The van der Waals surface area contributed by atoms with Gasteiger partial charge >= 0.3 is 0 Å². The van der Waals surface area contributed by atoms with Gasteiger partial charge in [0.1, 0.15) is 18.1 Å². The lowest BCUT2D eigenvalue weighted by molar-refractivity contribution is -0.123. The molecule has 0 atom stereocenters. The van der Waals surface area contributed by atoms with Crippen molar-refractivity contribution in [3.63, 3.8) is 0 Å². The third-order valence-corrected chi connectivity index (χ3v) is 4.02. The highest BCUT2D eigenvalue weighted by atomic mass is 16.5. The van der Waals surface area contributed by atoms with Crippen LogP contribution in [0.2, 0.25) is 0 Å². The molecule has 1 N–H and O–H groups in total. The second kappa shape index (κ2) is 8.39. The lowest BCUT2D eigenvalue weighted by Crippen LogP contribution is -2.32. The summed E-state index contributed by atoms with van der Waals surface area (Å²) in [7, 11) is 0. The Labute approximate surface area is 143 Å². The Morgan fingerprint density at radius 1 is 0.833 bits per heavy atom. The van der Waals surface area contributed by atoms with E-state index in [0.717, 1.165) is 11.3 Å². The summed E-state index contributed by atoms with van der Waals surface area (Å²) in [5.41, 5.74) is 4.78. The molecule has 0 radical (unpaired) electrons. The van der Waals surface area contributed by atoms with Crippen LogP contribution in [0.4, 0.5) is 0 Å². The molecule has 4 nitrogen and oxygen atoms in total. The van der Waals surface area contributed by atoms with Gasteiger partial charge in [-0.1, -0.05) is 12.1 Å². The number of ether oxygens (including phenoxy) is 2. The summed E-state index contributed by atoms with van der Waals surface area (Å²) in [4.78, 5) is 11.8. The van der Waals surface area contributed by atoms with E-state index in [-0.39, 0.29) is 12.5 Å². The number of carbonyl (C=O) groups excluding carboxylic acids is 1. The van der Waals surface area contributed by atoms with Gasteiger partial charge in [-0.15, -0.1) is 0 Å². The molecule has 0 aliphatic heterocycles. The average molecular weight is 327 g/mol. The van der Waals surface area contributed by atoms with Crippen LogP contribution in [0.15, 0.2) is 36.4 Å². The molecule has 0 aliphatic rings. The first-order valence-corrected chi connectivity index (χ1v) is 8.12. The molecule has 0 aromatic heterocycles. The Kier molecular flexibility index (Phi) is 6.24. The van der Waals surface area contributed by atoms with Crippen LogP contribution in [0, 0.1) is 27.7 Å². The summed E-state index contributed by atoms with van der Waals surface area (Å²) in [5.74, 6) is 1.37. The molecule has 4 heteroatoms. The van der Waals surface area contributed by atoms with Gasteiger partial charge in [-0.05, 0) is 74.2 Å². The minimum Gasteiger partial charge on any atom is -0.492 e. The van der Waals surface area contributed by atoms with Crippen molar-refractivity contribution < 1.29 is 14.3 Å². The number of rotatable bonds is 7. The van der Waals surface area contributed by atoms with Gasteiger partial charge in [-0.2, -0.15) is 0 Å². The van der Waals surface area contributed by atoms with Crippen molar-refractivity contribution in [2.75, 3.05) is 19.8 Å². The maximum absolute atomic E-state index is 11.8. The van der Waals surface area contributed by atoms with Crippen molar-refractivity contribution >= 4 is 5.91 Å². The van der Waals surface area contributed by atoms with Crippen LogP contribution in [0.25, 0.3) is 0 Å². The Balaban J connectivity index is 1.67. The molecule has 2 rings (SSSR count). The third-order valence-electron chi connectivity index (χ3n) is 4.02. The highest BCUT2D eigenvalue weighted by Crippen LogP contribution is 2.17. The van der Waals surface area contributed by atoms with E-state index in [1.165, 1.54) is 16.7 Å². The number of amides is 1. The minimum atomic E-state index is -0.156. The molecule has 0 saturated heterocycles. The van der Waals surface area contributed by atoms with Crippen LogP contribution < -0.4 is 14.8 Å². The first-order chi connectivity index (χ1) is 11.5. The molecule has 0 heterocycles. The van der Waals surface area contributed by atoms with Crippen LogP contribution in [-0.4, -0.2) is 25.7 Å². The Morgan fingerprint density at radius 2 is 1.38 bits per heavy atom.